The van der Waals surface area contributed by atoms with E-state index in [1.807, 2.05) is 0 Å². The highest BCUT2D eigenvalue weighted by atomic mass is 79.9. The zero-order valence-corrected chi connectivity index (χ0v) is 10.2. The highest BCUT2D eigenvalue weighted by molar-refractivity contribution is 9.48. The van der Waals surface area contributed by atoms with Gasteiger partial charge < -0.3 is 0 Å². The summed E-state index contributed by atoms with van der Waals surface area (Å²) in [5.41, 5.74) is 0. The van der Waals surface area contributed by atoms with Crippen molar-refractivity contribution in [2.75, 3.05) is 11.9 Å². The Labute approximate surface area is 77.8 Å². The van der Waals surface area contributed by atoms with Gasteiger partial charge in [-0.15, -0.1) is 11.4 Å². The van der Waals surface area contributed by atoms with E-state index in [4.69, 9.17) is 0 Å². The molecule has 0 saturated heterocycles. The molecule has 0 aliphatic rings. The van der Waals surface area contributed by atoms with Gasteiger partial charge in [-0.25, -0.2) is 0 Å². The van der Waals surface area contributed by atoms with Gasteiger partial charge in [0.1, 0.15) is 0 Å². The van der Waals surface area contributed by atoms with Gasteiger partial charge in [0.2, 0.25) is 0 Å². The third-order valence-electron chi connectivity index (χ3n) is 1.18. The molecule has 0 aromatic rings. The molecule has 0 nitrogen and oxygen atoms in total. The van der Waals surface area contributed by atoms with E-state index in [9.17, 15) is 0 Å². The Balaban J connectivity index is 3.03. The molecule has 0 aliphatic carbocycles. The zero-order valence-electron chi connectivity index (χ0n) is 6.93. The zero-order chi connectivity index (χ0) is 7.98. The van der Waals surface area contributed by atoms with Crippen molar-refractivity contribution in [1.82, 2.24) is 0 Å². The van der Waals surface area contributed by atoms with Crippen molar-refractivity contribution in [1.29, 1.82) is 0 Å². The van der Waals surface area contributed by atoms with Crippen LogP contribution in [0.15, 0.2) is 0 Å². The molecule has 0 spiro atoms. The van der Waals surface area contributed by atoms with E-state index < -0.39 is 0 Å². The second-order valence-electron chi connectivity index (χ2n) is 2.65. The van der Waals surface area contributed by atoms with Gasteiger partial charge in [0.25, 0.3) is 0 Å². The third kappa shape index (κ3) is 7.37. The molecule has 3 heteroatoms. The minimum atomic E-state index is 0.120. The van der Waals surface area contributed by atoms with E-state index >= 15 is 0 Å². The van der Waals surface area contributed by atoms with Gasteiger partial charge in [-0.1, -0.05) is 20.8 Å². The quantitative estimate of drug-likeness (QED) is 0.641. The van der Waals surface area contributed by atoms with Crippen LogP contribution in [0.1, 0.15) is 27.2 Å². The van der Waals surface area contributed by atoms with Gasteiger partial charge >= 0.3 is 0 Å². The van der Waals surface area contributed by atoms with E-state index in [0.717, 1.165) is 5.92 Å². The van der Waals surface area contributed by atoms with E-state index in [-0.39, 0.29) is 5.83 Å². The highest BCUT2D eigenvalue weighted by Crippen LogP contribution is 2.56. The molecule has 62 valence electrons. The summed E-state index contributed by atoms with van der Waals surface area (Å²) in [7, 11) is 0. The van der Waals surface area contributed by atoms with Crippen molar-refractivity contribution < 1.29 is 0 Å². The summed E-state index contributed by atoms with van der Waals surface area (Å²) in [5.74, 6) is 2.30. The van der Waals surface area contributed by atoms with Crippen molar-refractivity contribution in [2.45, 2.75) is 27.2 Å². The predicted octanol–water partition coefficient (Wildman–Crippen LogP) is 4.49. The maximum Gasteiger partial charge on any atom is 0.0232 e. The number of hydrogen-bond acceptors (Lipinski definition) is 1. The molecule has 0 fully saturated rings. The number of rotatable bonds is 5. The lowest BCUT2D eigenvalue weighted by molar-refractivity contribution is 0.633. The fourth-order valence-electron chi connectivity index (χ4n) is 0.479. The summed E-state index contributed by atoms with van der Waals surface area (Å²) in [4.78, 5) is 0. The Morgan fingerprint density at radius 3 is 2.50 bits per heavy atom. The summed E-state index contributed by atoms with van der Waals surface area (Å²) < 4.78 is 0. The van der Waals surface area contributed by atoms with Crippen LogP contribution in [0.5, 0.6) is 0 Å². The molecular weight excluding hydrogens is 227 g/mol. The molecule has 0 rings (SSSR count). The molecule has 0 radical (unpaired) electrons. The minimum Gasteiger partial charge on any atom is -0.122 e. The van der Waals surface area contributed by atoms with Gasteiger partial charge in [0.05, 0.1) is 0 Å². The minimum absolute atomic E-state index is 0.120. The molecule has 0 aromatic carbocycles. The molecule has 0 aliphatic heterocycles. The molecule has 0 N–H and O–H groups in total. The summed E-state index contributed by atoms with van der Waals surface area (Å²) in [6.45, 7) is 6.80. The van der Waals surface area contributed by atoms with E-state index in [1.54, 1.807) is 0 Å². The Kier molecular flexibility index (Phi) is 7.81. The topological polar surface area (TPSA) is 0 Å². The van der Waals surface area contributed by atoms with Crippen LogP contribution in [0.25, 0.3) is 0 Å². The Morgan fingerprint density at radius 1 is 1.50 bits per heavy atom. The first kappa shape index (κ1) is 11.3. The Bertz CT molecular complexity index is 78.0. The fraction of sp³-hybridized carbons (Fsp3) is 1.00. The SMILES string of the molecule is CCP(Br)SCCC(C)C. The maximum absolute atomic E-state index is 3.65. The number of hydrogen-bond donors (Lipinski definition) is 0. The van der Waals surface area contributed by atoms with Crippen molar-refractivity contribution in [2.24, 2.45) is 5.92 Å². The van der Waals surface area contributed by atoms with Crippen LogP contribution >= 0.6 is 32.7 Å². The molecule has 10 heavy (non-hydrogen) atoms. The first-order valence-corrected chi connectivity index (χ1v) is 8.86. The van der Waals surface area contributed by atoms with Crippen molar-refractivity contribution in [3.8, 4) is 0 Å². The van der Waals surface area contributed by atoms with Crippen LogP contribution in [0.4, 0.5) is 0 Å². The average molecular weight is 243 g/mol. The molecule has 1 atom stereocenters. The molecule has 0 heterocycles. The van der Waals surface area contributed by atoms with Gasteiger partial charge in [-0.05, 0) is 39.7 Å². The lowest BCUT2D eigenvalue weighted by Crippen LogP contribution is -1.87. The summed E-state index contributed by atoms with van der Waals surface area (Å²) >= 11 is 5.74. The summed E-state index contributed by atoms with van der Waals surface area (Å²) in [5, 5.41) is 0. The largest absolute Gasteiger partial charge is 0.122 e. The first-order chi connectivity index (χ1) is 4.66. The van der Waals surface area contributed by atoms with Crippen LogP contribution in [-0.2, 0) is 0 Å². The Hall–Kier alpha value is 1.26. The van der Waals surface area contributed by atoms with Crippen LogP contribution in [0, 0.1) is 5.92 Å². The predicted molar refractivity (Wildman–Crippen MR) is 58.3 cm³/mol. The van der Waals surface area contributed by atoms with Crippen LogP contribution < -0.4 is 0 Å². The molecule has 0 bridgehead atoms. The van der Waals surface area contributed by atoms with Crippen molar-refractivity contribution in [3.63, 3.8) is 0 Å². The molecule has 0 aromatic heterocycles. The highest BCUT2D eigenvalue weighted by Gasteiger charge is 2.00. The second kappa shape index (κ2) is 6.94. The summed E-state index contributed by atoms with van der Waals surface area (Å²) in [6, 6.07) is 0. The van der Waals surface area contributed by atoms with Crippen molar-refractivity contribution in [3.05, 3.63) is 0 Å². The van der Waals surface area contributed by atoms with Crippen LogP contribution in [-0.4, -0.2) is 11.9 Å². The van der Waals surface area contributed by atoms with E-state index in [0.29, 0.717) is 0 Å². The van der Waals surface area contributed by atoms with Crippen LogP contribution in [0.3, 0.4) is 0 Å². The van der Waals surface area contributed by atoms with Gasteiger partial charge in [-0.2, -0.15) is 0 Å². The fourth-order valence-corrected chi connectivity index (χ4v) is 4.20. The lowest BCUT2D eigenvalue weighted by Gasteiger charge is -2.07. The monoisotopic (exact) mass is 242 g/mol. The molecule has 1 unspecified atom stereocenters. The van der Waals surface area contributed by atoms with Gasteiger partial charge in [0, 0.05) is 5.83 Å². The van der Waals surface area contributed by atoms with Crippen LogP contribution in [0.2, 0.25) is 0 Å². The Morgan fingerprint density at radius 2 is 2.10 bits per heavy atom. The van der Waals surface area contributed by atoms with E-state index in [1.165, 1.54) is 18.3 Å². The molecule has 0 saturated carbocycles. The summed E-state index contributed by atoms with van der Waals surface area (Å²) in [6.07, 6.45) is 2.65. The molecular formula is C7H16BrPS. The lowest BCUT2D eigenvalue weighted by atomic mass is 10.2. The maximum atomic E-state index is 3.65. The normalized spacial score (nSPS) is 14.1. The first-order valence-electron chi connectivity index (χ1n) is 3.73. The second-order valence-corrected chi connectivity index (χ2v) is 10.7. The van der Waals surface area contributed by atoms with Crippen molar-refractivity contribution >= 4 is 32.7 Å². The standard InChI is InChI=1S/C7H16BrPS/c1-4-9(8)10-6-5-7(2)3/h7H,4-6H2,1-3H3. The van der Waals surface area contributed by atoms with E-state index in [2.05, 4.69) is 47.6 Å². The number of halogens is 1. The van der Waals surface area contributed by atoms with Gasteiger partial charge in [-0.3, -0.25) is 0 Å². The average Bonchev–Trinajstić information content (AvgIpc) is 1.87. The smallest absolute Gasteiger partial charge is 0.0232 e. The van der Waals surface area contributed by atoms with Gasteiger partial charge in [0.15, 0.2) is 0 Å². The molecule has 0 amide bonds. The third-order valence-corrected chi connectivity index (χ3v) is 7.88.